The molecule has 1 aromatic carbocycles. The molecule has 0 spiro atoms. The fourth-order valence-corrected chi connectivity index (χ4v) is 3.60. The maximum Gasteiger partial charge on any atom is 0.437 e. The van der Waals surface area contributed by atoms with Crippen molar-refractivity contribution in [1.82, 2.24) is 9.78 Å². The van der Waals surface area contributed by atoms with E-state index in [9.17, 15) is 26.7 Å². The predicted molar refractivity (Wildman–Crippen MR) is 93.0 cm³/mol. The number of nitrogens with zero attached hydrogens (tertiary/aromatic N) is 3. The van der Waals surface area contributed by atoms with Crippen molar-refractivity contribution in [2.24, 2.45) is 7.05 Å². The van der Waals surface area contributed by atoms with Crippen molar-refractivity contribution in [2.75, 3.05) is 10.7 Å². The van der Waals surface area contributed by atoms with Gasteiger partial charge in [0.1, 0.15) is 22.3 Å². The van der Waals surface area contributed by atoms with E-state index in [-0.39, 0.29) is 11.4 Å². The van der Waals surface area contributed by atoms with E-state index in [0.29, 0.717) is 16.7 Å². The maximum absolute atomic E-state index is 14.1. The number of anilines is 2. The van der Waals surface area contributed by atoms with Crippen LogP contribution in [-0.4, -0.2) is 21.9 Å². The van der Waals surface area contributed by atoms with E-state index in [1.165, 1.54) is 7.05 Å². The van der Waals surface area contributed by atoms with Gasteiger partial charge in [0.25, 0.3) is 0 Å². The highest BCUT2D eigenvalue weighted by molar-refractivity contribution is 7.99. The number of aromatic nitrogens is 2. The third-order valence-electron chi connectivity index (χ3n) is 3.74. The molecule has 0 radical (unpaired) electrons. The molecule has 0 atom stereocenters. The summed E-state index contributed by atoms with van der Waals surface area (Å²) in [7, 11) is 1.32. The molecule has 148 valence electrons. The molecule has 4 nitrogen and oxygen atoms in total. The third kappa shape index (κ3) is 4.79. The van der Waals surface area contributed by atoms with Crippen LogP contribution in [0.15, 0.2) is 23.2 Å². The quantitative estimate of drug-likeness (QED) is 0.258. The van der Waals surface area contributed by atoms with Gasteiger partial charge in [0, 0.05) is 13.1 Å². The second-order valence-electron chi connectivity index (χ2n) is 5.75. The summed E-state index contributed by atoms with van der Waals surface area (Å²) >= 11 is 1.10. The first kappa shape index (κ1) is 21.2. The molecule has 2 aromatic rings. The Balaban J connectivity index is 2.57. The van der Waals surface area contributed by atoms with Gasteiger partial charge in [-0.05, 0) is 24.3 Å². The number of amides is 1. The number of aryl methyl sites for hydroxylation is 1. The van der Waals surface area contributed by atoms with Gasteiger partial charge in [-0.25, -0.2) is 8.78 Å². The van der Waals surface area contributed by atoms with E-state index < -0.39 is 34.9 Å². The van der Waals surface area contributed by atoms with Gasteiger partial charge in [-0.2, -0.15) is 18.3 Å². The average Bonchev–Trinajstić information content (AvgIpc) is 2.91. The number of thioether (sulfide) groups is 1. The van der Waals surface area contributed by atoms with Gasteiger partial charge < -0.3 is 0 Å². The second kappa shape index (κ2) is 8.73. The lowest BCUT2D eigenvalue weighted by Gasteiger charge is -2.20. The molecule has 0 N–H and O–H groups in total. The van der Waals surface area contributed by atoms with Crippen LogP contribution in [0.25, 0.3) is 0 Å². The van der Waals surface area contributed by atoms with Crippen LogP contribution in [0.1, 0.15) is 31.9 Å². The van der Waals surface area contributed by atoms with E-state index in [1.807, 2.05) is 6.92 Å². The molecule has 1 amide bonds. The van der Waals surface area contributed by atoms with Gasteiger partial charge in [-0.15, -0.1) is 11.8 Å². The number of carbonyl (C=O) groups excluding carboxylic acids is 1. The molecule has 10 heteroatoms. The van der Waals surface area contributed by atoms with E-state index in [0.717, 1.165) is 47.8 Å². The molecule has 1 heterocycles. The van der Waals surface area contributed by atoms with Gasteiger partial charge in [-0.3, -0.25) is 14.4 Å². The van der Waals surface area contributed by atoms with Crippen molar-refractivity contribution in [1.29, 1.82) is 0 Å². The molecular weight excluding hydrogens is 389 g/mol. The molecule has 0 unspecified atom stereocenters. The van der Waals surface area contributed by atoms with Crippen LogP contribution in [0.2, 0.25) is 0 Å². The summed E-state index contributed by atoms with van der Waals surface area (Å²) in [5.74, 6) is -1.55. The number of rotatable bonds is 8. The van der Waals surface area contributed by atoms with Crippen molar-refractivity contribution >= 4 is 29.5 Å². The van der Waals surface area contributed by atoms with Crippen molar-refractivity contribution in [3.8, 4) is 0 Å². The molecule has 2 rings (SSSR count). The molecule has 0 bridgehead atoms. The first-order chi connectivity index (χ1) is 12.7. The summed E-state index contributed by atoms with van der Waals surface area (Å²) in [5, 5.41) is 3.57. The Morgan fingerprint density at radius 1 is 1.26 bits per heavy atom. The van der Waals surface area contributed by atoms with E-state index in [4.69, 9.17) is 0 Å². The molecule has 0 aliphatic heterocycles. The van der Waals surface area contributed by atoms with Crippen LogP contribution in [0.5, 0.6) is 0 Å². The van der Waals surface area contributed by atoms with Crippen LogP contribution in [0.4, 0.5) is 33.3 Å². The number of hydrogen-bond donors (Lipinski definition) is 0. The zero-order chi connectivity index (χ0) is 20.2. The highest BCUT2D eigenvalue weighted by Crippen LogP contribution is 2.44. The lowest BCUT2D eigenvalue weighted by Crippen LogP contribution is -2.20. The summed E-state index contributed by atoms with van der Waals surface area (Å²) in [6.45, 7) is 1.99. The van der Waals surface area contributed by atoms with E-state index in [2.05, 4.69) is 5.10 Å². The van der Waals surface area contributed by atoms with Gasteiger partial charge >= 0.3 is 6.18 Å². The van der Waals surface area contributed by atoms with Crippen LogP contribution in [0.3, 0.4) is 0 Å². The highest BCUT2D eigenvalue weighted by atomic mass is 32.2. The minimum absolute atomic E-state index is 0.0681. The Morgan fingerprint density at radius 2 is 1.96 bits per heavy atom. The summed E-state index contributed by atoms with van der Waals surface area (Å²) in [4.78, 5) is 12.1. The first-order valence-corrected chi connectivity index (χ1v) is 9.15. The fraction of sp³-hybridized carbons (Fsp3) is 0.412. The molecule has 0 saturated carbocycles. The predicted octanol–water partition coefficient (Wildman–Crippen LogP) is 5.29. The van der Waals surface area contributed by atoms with Crippen molar-refractivity contribution < 1.29 is 26.7 Å². The lowest BCUT2D eigenvalue weighted by atomic mass is 10.2. The van der Waals surface area contributed by atoms with Crippen molar-refractivity contribution in [3.05, 3.63) is 35.5 Å². The Labute approximate surface area is 157 Å². The van der Waals surface area contributed by atoms with Crippen LogP contribution < -0.4 is 4.90 Å². The molecule has 1 aromatic heterocycles. The van der Waals surface area contributed by atoms with E-state index >= 15 is 0 Å². The minimum atomic E-state index is -4.85. The summed E-state index contributed by atoms with van der Waals surface area (Å²) in [5.41, 5.74) is -2.36. The number of unbranched alkanes of at least 4 members (excludes halogenated alkanes) is 2. The van der Waals surface area contributed by atoms with Crippen molar-refractivity contribution in [3.63, 3.8) is 0 Å². The molecule has 0 saturated heterocycles. The molecule has 0 aliphatic rings. The SMILES string of the molecule is CCCCCSc1c(N(C=O)c2ccc(F)cc2F)c(C(F)(F)F)nn1C. The van der Waals surface area contributed by atoms with Gasteiger partial charge in [-0.1, -0.05) is 19.8 Å². The number of alkyl halides is 3. The minimum Gasteiger partial charge on any atom is -0.278 e. The summed E-state index contributed by atoms with van der Waals surface area (Å²) in [6, 6.07) is 2.29. The normalized spacial score (nSPS) is 11.7. The zero-order valence-corrected chi connectivity index (χ0v) is 15.5. The standard InChI is InChI=1S/C17H18F5N3OS/c1-3-4-5-8-27-16-14(15(17(20,21)22)23-24(16)2)25(10-26)13-7-6-11(18)9-12(13)19/h6-7,9-10H,3-5,8H2,1-2H3. The number of halogens is 5. The Bertz CT molecular complexity index is 807. The molecule has 27 heavy (non-hydrogen) atoms. The number of benzene rings is 1. The first-order valence-electron chi connectivity index (χ1n) is 8.17. The Morgan fingerprint density at radius 3 is 2.52 bits per heavy atom. The maximum atomic E-state index is 14.1. The Hall–Kier alpha value is -2.10. The van der Waals surface area contributed by atoms with Crippen LogP contribution in [-0.2, 0) is 18.0 Å². The fourth-order valence-electron chi connectivity index (χ4n) is 2.49. The smallest absolute Gasteiger partial charge is 0.278 e. The van der Waals surface area contributed by atoms with Gasteiger partial charge in [0.05, 0.1) is 5.69 Å². The van der Waals surface area contributed by atoms with E-state index in [1.54, 1.807) is 0 Å². The Kier molecular flexibility index (Phi) is 6.85. The van der Waals surface area contributed by atoms with Gasteiger partial charge in [0.15, 0.2) is 5.69 Å². The topological polar surface area (TPSA) is 38.1 Å². The number of hydrogen-bond acceptors (Lipinski definition) is 3. The molecule has 0 fully saturated rings. The lowest BCUT2D eigenvalue weighted by molar-refractivity contribution is -0.140. The average molecular weight is 407 g/mol. The number of carbonyl (C=O) groups is 1. The van der Waals surface area contributed by atoms with Crippen molar-refractivity contribution in [2.45, 2.75) is 37.4 Å². The molecular formula is C17H18F5N3OS. The van der Waals surface area contributed by atoms with Crippen LogP contribution >= 0.6 is 11.8 Å². The zero-order valence-electron chi connectivity index (χ0n) is 14.7. The van der Waals surface area contributed by atoms with Crippen LogP contribution in [0, 0.1) is 11.6 Å². The summed E-state index contributed by atoms with van der Waals surface area (Å²) < 4.78 is 68.8. The monoisotopic (exact) mass is 407 g/mol. The third-order valence-corrected chi connectivity index (χ3v) is 4.97. The molecule has 0 aliphatic carbocycles. The van der Waals surface area contributed by atoms with Gasteiger partial charge in [0.2, 0.25) is 6.41 Å². The highest BCUT2D eigenvalue weighted by Gasteiger charge is 2.41. The second-order valence-corrected chi connectivity index (χ2v) is 6.83. The summed E-state index contributed by atoms with van der Waals surface area (Å²) in [6.07, 6.45) is -2.19. The largest absolute Gasteiger partial charge is 0.437 e.